The van der Waals surface area contributed by atoms with Gasteiger partial charge in [0.2, 0.25) is 5.95 Å². The highest BCUT2D eigenvalue weighted by Crippen LogP contribution is 2.27. The minimum atomic E-state index is -0.399. The highest BCUT2D eigenvalue weighted by atomic mass is 35.5. The van der Waals surface area contributed by atoms with Gasteiger partial charge in [0.25, 0.3) is 0 Å². The molecule has 0 unspecified atom stereocenters. The maximum Gasteiger partial charge on any atom is 0.229 e. The number of methoxy groups -OCH3 is 1. The van der Waals surface area contributed by atoms with Gasteiger partial charge in [0.1, 0.15) is 10.8 Å². The van der Waals surface area contributed by atoms with Crippen molar-refractivity contribution in [2.24, 2.45) is 7.05 Å². The van der Waals surface area contributed by atoms with E-state index >= 15 is 0 Å². The van der Waals surface area contributed by atoms with Gasteiger partial charge in [-0.2, -0.15) is 10.1 Å². The highest BCUT2D eigenvalue weighted by molar-refractivity contribution is 6.32. The van der Waals surface area contributed by atoms with E-state index in [1.54, 1.807) is 24.2 Å². The molecule has 2 heterocycles. The van der Waals surface area contributed by atoms with Crippen molar-refractivity contribution < 1.29 is 9.84 Å². The number of anilines is 3. The first-order valence-electron chi connectivity index (χ1n) is 7.88. The first-order valence-corrected chi connectivity index (χ1v) is 8.26. The number of aromatic nitrogens is 4. The Hall–Kier alpha value is -2.84. The number of ether oxygens (including phenoxy) is 1. The van der Waals surface area contributed by atoms with Crippen LogP contribution >= 0.6 is 11.6 Å². The summed E-state index contributed by atoms with van der Waals surface area (Å²) >= 11 is 6.21. The normalized spacial score (nSPS) is 11.8. The third-order valence-corrected chi connectivity index (χ3v) is 3.97. The molecule has 26 heavy (non-hydrogen) atoms. The topological polar surface area (TPSA) is 97.1 Å². The number of hydrogen-bond donors (Lipinski definition) is 3. The van der Waals surface area contributed by atoms with E-state index in [9.17, 15) is 5.11 Å². The van der Waals surface area contributed by atoms with Crippen molar-refractivity contribution in [1.29, 1.82) is 0 Å². The molecule has 136 valence electrons. The Morgan fingerprint density at radius 3 is 2.88 bits per heavy atom. The van der Waals surface area contributed by atoms with Crippen molar-refractivity contribution in [3.8, 4) is 5.75 Å². The van der Waals surface area contributed by atoms with Crippen LogP contribution in [0.3, 0.4) is 0 Å². The molecule has 0 spiro atoms. The summed E-state index contributed by atoms with van der Waals surface area (Å²) < 4.78 is 6.90. The zero-order valence-electron chi connectivity index (χ0n) is 14.3. The molecular weight excluding hydrogens is 356 g/mol. The highest BCUT2D eigenvalue weighted by Gasteiger charge is 2.15. The number of nitrogens with zero attached hydrogens (tertiary/aromatic N) is 4. The predicted molar refractivity (Wildman–Crippen MR) is 100.0 cm³/mol. The standard InChI is InChI=1S/C17H19ClN6O2/c1-24-9-12(7-20-24)21-17-19-8-14(18)16(23-17)22-15(10-25)11-4-3-5-13(6-11)26-2/h3-9,15,25H,10H2,1-2H3,(H2,19,21,22,23)/t15-/m1/s1. The molecule has 0 radical (unpaired) electrons. The molecule has 0 aliphatic carbocycles. The Balaban J connectivity index is 1.81. The third kappa shape index (κ3) is 4.22. The second kappa shape index (κ2) is 8.03. The number of halogens is 1. The first-order chi connectivity index (χ1) is 12.6. The van der Waals surface area contributed by atoms with E-state index in [0.717, 1.165) is 11.3 Å². The van der Waals surface area contributed by atoms with Gasteiger partial charge in [0.15, 0.2) is 5.82 Å². The molecule has 0 aliphatic rings. The van der Waals surface area contributed by atoms with Crippen molar-refractivity contribution in [3.05, 3.63) is 53.4 Å². The van der Waals surface area contributed by atoms with Gasteiger partial charge in [-0.05, 0) is 17.7 Å². The SMILES string of the molecule is COc1cccc([C@@H](CO)Nc2nc(Nc3cnn(C)c3)ncc2Cl)c1. The van der Waals surface area contributed by atoms with Gasteiger partial charge in [0, 0.05) is 13.2 Å². The fraction of sp³-hybridized carbons (Fsp3) is 0.235. The van der Waals surface area contributed by atoms with Crippen molar-refractivity contribution >= 4 is 29.1 Å². The number of hydrogen-bond acceptors (Lipinski definition) is 7. The van der Waals surface area contributed by atoms with Crippen molar-refractivity contribution in [2.45, 2.75) is 6.04 Å². The maximum atomic E-state index is 9.79. The Morgan fingerprint density at radius 1 is 1.35 bits per heavy atom. The quantitative estimate of drug-likeness (QED) is 0.585. The Morgan fingerprint density at radius 2 is 2.19 bits per heavy atom. The third-order valence-electron chi connectivity index (χ3n) is 3.69. The van der Waals surface area contributed by atoms with Crippen LogP contribution in [0.25, 0.3) is 0 Å². The molecule has 9 heteroatoms. The van der Waals surface area contributed by atoms with E-state index in [2.05, 4.69) is 25.7 Å². The predicted octanol–water partition coefficient (Wildman–Crippen LogP) is 2.76. The fourth-order valence-electron chi connectivity index (χ4n) is 2.40. The van der Waals surface area contributed by atoms with Crippen LogP contribution < -0.4 is 15.4 Å². The molecule has 0 aliphatic heterocycles. The summed E-state index contributed by atoms with van der Waals surface area (Å²) in [6, 6.07) is 7.03. The number of aryl methyl sites for hydroxylation is 1. The molecule has 3 N–H and O–H groups in total. The lowest BCUT2D eigenvalue weighted by Gasteiger charge is -2.19. The molecular formula is C17H19ClN6O2. The van der Waals surface area contributed by atoms with Gasteiger partial charge in [-0.3, -0.25) is 4.68 Å². The minimum Gasteiger partial charge on any atom is -0.497 e. The largest absolute Gasteiger partial charge is 0.497 e. The second-order valence-corrected chi connectivity index (χ2v) is 5.98. The van der Waals surface area contributed by atoms with Gasteiger partial charge >= 0.3 is 0 Å². The summed E-state index contributed by atoms with van der Waals surface area (Å²) in [7, 11) is 3.42. The van der Waals surface area contributed by atoms with Crippen LogP contribution in [0.5, 0.6) is 5.75 Å². The molecule has 3 rings (SSSR count). The summed E-state index contributed by atoms with van der Waals surface area (Å²) in [5.41, 5.74) is 1.61. The monoisotopic (exact) mass is 374 g/mol. The summed E-state index contributed by atoms with van der Waals surface area (Å²) in [5, 5.41) is 20.4. The molecule has 2 aromatic heterocycles. The van der Waals surface area contributed by atoms with Crippen LogP contribution in [0, 0.1) is 0 Å². The van der Waals surface area contributed by atoms with Crippen LogP contribution in [0.1, 0.15) is 11.6 Å². The van der Waals surface area contributed by atoms with E-state index in [0.29, 0.717) is 22.5 Å². The summed E-state index contributed by atoms with van der Waals surface area (Å²) in [4.78, 5) is 8.55. The van der Waals surface area contributed by atoms with Gasteiger partial charge < -0.3 is 20.5 Å². The molecule has 8 nitrogen and oxygen atoms in total. The fourth-order valence-corrected chi connectivity index (χ4v) is 2.55. The number of aliphatic hydroxyl groups is 1. The number of aliphatic hydroxyl groups excluding tert-OH is 1. The summed E-state index contributed by atoms with van der Waals surface area (Å²) in [6.07, 6.45) is 4.96. The van der Waals surface area contributed by atoms with E-state index < -0.39 is 6.04 Å². The van der Waals surface area contributed by atoms with Gasteiger partial charge in [-0.15, -0.1) is 0 Å². The van der Waals surface area contributed by atoms with Crippen LogP contribution in [-0.4, -0.2) is 38.6 Å². The zero-order valence-corrected chi connectivity index (χ0v) is 15.1. The lowest BCUT2D eigenvalue weighted by molar-refractivity contribution is 0.276. The van der Waals surface area contributed by atoms with E-state index in [1.807, 2.05) is 31.3 Å². The summed E-state index contributed by atoms with van der Waals surface area (Å²) in [5.74, 6) is 1.48. The lowest BCUT2D eigenvalue weighted by atomic mass is 10.1. The van der Waals surface area contributed by atoms with E-state index in [-0.39, 0.29) is 6.61 Å². The number of rotatable bonds is 7. The second-order valence-electron chi connectivity index (χ2n) is 5.57. The molecule has 0 saturated heterocycles. The molecule has 0 fully saturated rings. The van der Waals surface area contributed by atoms with Crippen molar-refractivity contribution in [1.82, 2.24) is 19.7 Å². The lowest BCUT2D eigenvalue weighted by Crippen LogP contribution is -2.16. The van der Waals surface area contributed by atoms with Crippen LogP contribution in [0.15, 0.2) is 42.9 Å². The Kier molecular flexibility index (Phi) is 5.55. The smallest absolute Gasteiger partial charge is 0.229 e. The van der Waals surface area contributed by atoms with Crippen molar-refractivity contribution in [3.63, 3.8) is 0 Å². The zero-order chi connectivity index (χ0) is 18.5. The average molecular weight is 375 g/mol. The van der Waals surface area contributed by atoms with Crippen LogP contribution in [0.4, 0.5) is 17.5 Å². The van der Waals surface area contributed by atoms with Crippen LogP contribution in [0.2, 0.25) is 5.02 Å². The first kappa shape index (κ1) is 18.0. The maximum absolute atomic E-state index is 9.79. The minimum absolute atomic E-state index is 0.140. The molecule has 0 bridgehead atoms. The van der Waals surface area contributed by atoms with E-state index in [4.69, 9.17) is 16.3 Å². The van der Waals surface area contributed by atoms with Gasteiger partial charge in [-0.25, -0.2) is 4.98 Å². The van der Waals surface area contributed by atoms with Crippen LogP contribution in [-0.2, 0) is 7.05 Å². The number of benzene rings is 1. The molecule has 1 aromatic carbocycles. The Bertz CT molecular complexity index is 885. The molecule has 0 amide bonds. The van der Waals surface area contributed by atoms with Gasteiger partial charge in [0.05, 0.1) is 37.8 Å². The van der Waals surface area contributed by atoms with E-state index in [1.165, 1.54) is 6.20 Å². The summed E-state index contributed by atoms with van der Waals surface area (Å²) in [6.45, 7) is -0.140. The molecule has 0 saturated carbocycles. The molecule has 1 atom stereocenters. The molecule has 3 aromatic rings. The average Bonchev–Trinajstić information content (AvgIpc) is 3.06. The number of nitrogens with one attached hydrogen (secondary N) is 2. The van der Waals surface area contributed by atoms with Crippen molar-refractivity contribution in [2.75, 3.05) is 24.4 Å². The Labute approximate surface area is 155 Å². The van der Waals surface area contributed by atoms with Gasteiger partial charge in [-0.1, -0.05) is 23.7 Å².